The summed E-state index contributed by atoms with van der Waals surface area (Å²) < 4.78 is 28.8. The fourth-order valence-electron chi connectivity index (χ4n) is 4.09. The number of thiophene rings is 1. The quantitative estimate of drug-likeness (QED) is 0.541. The van der Waals surface area contributed by atoms with Gasteiger partial charge in [0.2, 0.25) is 10.0 Å². The minimum atomic E-state index is -3.65. The maximum atomic E-state index is 13.0. The van der Waals surface area contributed by atoms with Crippen LogP contribution in [-0.2, 0) is 10.0 Å². The lowest BCUT2D eigenvalue weighted by atomic mass is 10.1. The lowest BCUT2D eigenvalue weighted by molar-refractivity contribution is 0.164. The first kappa shape index (κ1) is 22.3. The first-order valence-corrected chi connectivity index (χ1v) is 13.0. The molecule has 0 bridgehead atoms. The SMILES string of the molecule is C[C@@H](NS(=O)(=O)c1ccc(Cl)cc1)[C@H](c1cccs1)N1CCN(c2ccccc2)CC1. The van der Waals surface area contributed by atoms with E-state index in [-0.39, 0.29) is 17.0 Å². The third-order valence-corrected chi connectivity index (χ3v) is 8.37. The molecule has 1 fully saturated rings. The smallest absolute Gasteiger partial charge is 0.240 e. The highest BCUT2D eigenvalue weighted by molar-refractivity contribution is 7.89. The molecule has 2 atom stereocenters. The van der Waals surface area contributed by atoms with E-state index in [9.17, 15) is 8.42 Å². The molecule has 3 aromatic rings. The largest absolute Gasteiger partial charge is 0.369 e. The number of hydrogen-bond donors (Lipinski definition) is 1. The van der Waals surface area contributed by atoms with Crippen LogP contribution >= 0.6 is 22.9 Å². The van der Waals surface area contributed by atoms with Crippen LogP contribution in [0.25, 0.3) is 0 Å². The van der Waals surface area contributed by atoms with E-state index < -0.39 is 10.0 Å². The number of hydrogen-bond acceptors (Lipinski definition) is 5. The molecule has 0 unspecified atom stereocenters. The van der Waals surface area contributed by atoms with Crippen LogP contribution in [0.3, 0.4) is 0 Å². The van der Waals surface area contributed by atoms with Crippen LogP contribution in [0, 0.1) is 0 Å². The van der Waals surface area contributed by atoms with Crippen molar-refractivity contribution < 1.29 is 8.42 Å². The van der Waals surface area contributed by atoms with Crippen LogP contribution in [0.4, 0.5) is 5.69 Å². The van der Waals surface area contributed by atoms with Crippen LogP contribution in [0.1, 0.15) is 17.8 Å². The summed E-state index contributed by atoms with van der Waals surface area (Å²) in [6.45, 7) is 5.49. The maximum Gasteiger partial charge on any atom is 0.240 e. The zero-order chi connectivity index (χ0) is 21.8. The van der Waals surface area contributed by atoms with Crippen LogP contribution in [0.2, 0.25) is 5.02 Å². The Morgan fingerprint density at radius 2 is 1.61 bits per heavy atom. The van der Waals surface area contributed by atoms with Crippen molar-refractivity contribution in [2.45, 2.75) is 23.9 Å². The van der Waals surface area contributed by atoms with Crippen molar-refractivity contribution >= 4 is 38.6 Å². The molecule has 1 N–H and O–H groups in total. The highest BCUT2D eigenvalue weighted by Gasteiger charge is 2.32. The predicted octanol–water partition coefficient (Wildman–Crippen LogP) is 4.63. The maximum absolute atomic E-state index is 13.0. The third-order valence-electron chi connectivity index (χ3n) is 5.60. The number of nitrogens with zero attached hydrogens (tertiary/aromatic N) is 2. The molecule has 8 heteroatoms. The Hall–Kier alpha value is -1.90. The van der Waals surface area contributed by atoms with Crippen molar-refractivity contribution in [2.75, 3.05) is 31.1 Å². The first-order chi connectivity index (χ1) is 14.9. The predicted molar refractivity (Wildman–Crippen MR) is 129 cm³/mol. The van der Waals surface area contributed by atoms with E-state index >= 15 is 0 Å². The van der Waals surface area contributed by atoms with Gasteiger partial charge in [0.05, 0.1) is 10.9 Å². The van der Waals surface area contributed by atoms with Crippen molar-refractivity contribution in [2.24, 2.45) is 0 Å². The Morgan fingerprint density at radius 3 is 2.23 bits per heavy atom. The average molecular weight is 476 g/mol. The topological polar surface area (TPSA) is 52.7 Å². The molecule has 0 saturated carbocycles. The van der Waals surface area contributed by atoms with Crippen LogP contribution < -0.4 is 9.62 Å². The standard InChI is InChI=1S/C23H26ClN3O2S2/c1-18(25-31(28,29)21-11-9-19(24)10-12-21)23(22-8-5-17-30-22)27-15-13-26(14-16-27)20-6-3-2-4-7-20/h2-12,17-18,23,25H,13-16H2,1H3/t18-,23-/m1/s1. The molecule has 5 nitrogen and oxygen atoms in total. The summed E-state index contributed by atoms with van der Waals surface area (Å²) in [5.74, 6) is 0. The van der Waals surface area contributed by atoms with Gasteiger partial charge in [-0.25, -0.2) is 13.1 Å². The molecule has 2 heterocycles. The Kier molecular flexibility index (Phi) is 6.99. The highest BCUT2D eigenvalue weighted by atomic mass is 35.5. The van der Waals surface area contributed by atoms with Gasteiger partial charge in [-0.2, -0.15) is 0 Å². The molecule has 1 aliphatic rings. The molecule has 0 aliphatic carbocycles. The fourth-order valence-corrected chi connectivity index (χ4v) is 6.43. The minimum Gasteiger partial charge on any atom is -0.369 e. The molecule has 0 spiro atoms. The van der Waals surface area contributed by atoms with Gasteiger partial charge >= 0.3 is 0 Å². The molecule has 0 amide bonds. The molecular weight excluding hydrogens is 450 g/mol. The number of anilines is 1. The first-order valence-electron chi connectivity index (χ1n) is 10.3. The van der Waals surface area contributed by atoms with E-state index in [1.54, 1.807) is 23.5 Å². The Bertz CT molecular complexity index is 1070. The Morgan fingerprint density at radius 1 is 0.935 bits per heavy atom. The summed E-state index contributed by atoms with van der Waals surface area (Å²) in [7, 11) is -3.65. The zero-order valence-electron chi connectivity index (χ0n) is 17.3. The number of piperazine rings is 1. The van der Waals surface area contributed by atoms with Gasteiger partial charge in [-0.15, -0.1) is 11.3 Å². The molecule has 164 valence electrons. The van der Waals surface area contributed by atoms with Crippen LogP contribution in [0.15, 0.2) is 77.0 Å². The van der Waals surface area contributed by atoms with E-state index in [1.807, 2.05) is 24.4 Å². The highest BCUT2D eigenvalue weighted by Crippen LogP contribution is 2.31. The van der Waals surface area contributed by atoms with Gasteiger partial charge in [0, 0.05) is 47.8 Å². The lowest BCUT2D eigenvalue weighted by Crippen LogP contribution is -2.52. The van der Waals surface area contributed by atoms with E-state index in [1.165, 1.54) is 22.7 Å². The van der Waals surface area contributed by atoms with Crippen molar-refractivity contribution in [3.8, 4) is 0 Å². The Balaban J connectivity index is 1.50. The van der Waals surface area contributed by atoms with Gasteiger partial charge in [-0.1, -0.05) is 35.9 Å². The van der Waals surface area contributed by atoms with Gasteiger partial charge in [-0.3, -0.25) is 4.90 Å². The normalized spacial score (nSPS) is 17.4. The minimum absolute atomic E-state index is 0.0278. The monoisotopic (exact) mass is 475 g/mol. The van der Waals surface area contributed by atoms with Crippen molar-refractivity contribution in [3.63, 3.8) is 0 Å². The number of halogens is 1. The molecular formula is C23H26ClN3O2S2. The van der Waals surface area contributed by atoms with Crippen LogP contribution in [-0.4, -0.2) is 45.5 Å². The molecule has 1 aliphatic heterocycles. The van der Waals surface area contributed by atoms with E-state index in [0.717, 1.165) is 26.2 Å². The van der Waals surface area contributed by atoms with Crippen LogP contribution in [0.5, 0.6) is 0 Å². The number of rotatable bonds is 7. The van der Waals surface area contributed by atoms with Crippen molar-refractivity contribution in [3.05, 3.63) is 82.0 Å². The third kappa shape index (κ3) is 5.30. The summed E-state index contributed by atoms with van der Waals surface area (Å²) in [6.07, 6.45) is 0. The van der Waals surface area contributed by atoms with Gasteiger partial charge in [0.15, 0.2) is 0 Å². The summed E-state index contributed by atoms with van der Waals surface area (Å²) in [4.78, 5) is 6.16. The van der Waals surface area contributed by atoms with Crippen molar-refractivity contribution in [1.82, 2.24) is 9.62 Å². The van der Waals surface area contributed by atoms with Gasteiger partial charge in [0.25, 0.3) is 0 Å². The summed E-state index contributed by atoms with van der Waals surface area (Å²) >= 11 is 7.58. The number of nitrogens with one attached hydrogen (secondary N) is 1. The Labute approximate surface area is 193 Å². The molecule has 1 aromatic heterocycles. The molecule has 0 radical (unpaired) electrons. The van der Waals surface area contributed by atoms with E-state index in [2.05, 4.69) is 44.9 Å². The van der Waals surface area contributed by atoms with E-state index in [0.29, 0.717) is 5.02 Å². The van der Waals surface area contributed by atoms with Gasteiger partial charge in [0.1, 0.15) is 0 Å². The molecule has 1 saturated heterocycles. The molecule has 31 heavy (non-hydrogen) atoms. The van der Waals surface area contributed by atoms with Gasteiger partial charge < -0.3 is 4.90 Å². The second kappa shape index (κ2) is 9.71. The number of sulfonamides is 1. The summed E-state index contributed by atoms with van der Waals surface area (Å²) in [5.41, 5.74) is 1.23. The van der Waals surface area contributed by atoms with Gasteiger partial charge in [-0.05, 0) is 54.8 Å². The zero-order valence-corrected chi connectivity index (χ0v) is 19.7. The second-order valence-electron chi connectivity index (χ2n) is 7.68. The number of para-hydroxylation sites is 1. The average Bonchev–Trinajstić information content (AvgIpc) is 3.29. The van der Waals surface area contributed by atoms with E-state index in [4.69, 9.17) is 11.6 Å². The van der Waals surface area contributed by atoms with Crippen molar-refractivity contribution in [1.29, 1.82) is 0 Å². The summed E-state index contributed by atoms with van der Waals surface area (Å²) in [6, 6.07) is 20.5. The number of benzene rings is 2. The summed E-state index contributed by atoms with van der Waals surface area (Å²) in [5, 5.41) is 2.56. The molecule has 2 aromatic carbocycles. The second-order valence-corrected chi connectivity index (χ2v) is 10.8. The lowest BCUT2D eigenvalue weighted by Gasteiger charge is -2.42. The molecule has 4 rings (SSSR count). The fraction of sp³-hybridized carbons (Fsp3) is 0.304.